The van der Waals surface area contributed by atoms with E-state index in [-0.39, 0.29) is 34.1 Å². The van der Waals surface area contributed by atoms with Gasteiger partial charge in [0.15, 0.2) is 0 Å². The number of halogens is 1. The first-order chi connectivity index (χ1) is 21.3. The van der Waals surface area contributed by atoms with Crippen LogP contribution in [-0.2, 0) is 23.2 Å². The molecule has 0 radical (unpaired) electrons. The van der Waals surface area contributed by atoms with Gasteiger partial charge in [-0.15, -0.1) is 0 Å². The lowest BCUT2D eigenvalue weighted by atomic mass is 10.2. The van der Waals surface area contributed by atoms with E-state index in [0.717, 1.165) is 23.3 Å². The van der Waals surface area contributed by atoms with E-state index in [2.05, 4.69) is 5.32 Å². The molecule has 222 valence electrons. The average Bonchev–Trinajstić information content (AvgIpc) is 3.03. The number of amides is 2. The summed E-state index contributed by atoms with van der Waals surface area (Å²) in [5.41, 5.74) is 1.70. The molecule has 2 N–H and O–H groups in total. The lowest BCUT2D eigenvalue weighted by Crippen LogP contribution is -2.31. The largest absolute Gasteiger partial charge is 0.489 e. The van der Waals surface area contributed by atoms with Gasteiger partial charge < -0.3 is 14.8 Å². The van der Waals surface area contributed by atoms with Crippen molar-refractivity contribution in [3.8, 4) is 11.5 Å². The topological polar surface area (TPSA) is 111 Å². The van der Waals surface area contributed by atoms with E-state index in [9.17, 15) is 22.4 Å². The van der Waals surface area contributed by atoms with Crippen LogP contribution in [0, 0.1) is 5.82 Å². The highest BCUT2D eigenvalue weighted by atomic mass is 32.2. The molecule has 0 fully saturated rings. The van der Waals surface area contributed by atoms with Crippen LogP contribution in [0.1, 0.15) is 31.8 Å². The number of anilines is 1. The number of carbonyl (C=O) groups excluding carboxylic acids is 2. The Kier molecular flexibility index (Phi) is 9.31. The number of rotatable bonds is 11. The van der Waals surface area contributed by atoms with Gasteiger partial charge in [-0.3, -0.25) is 9.59 Å². The molecule has 10 heteroatoms. The first kappa shape index (κ1) is 30.0. The number of benzene rings is 5. The highest BCUT2D eigenvalue weighted by molar-refractivity contribution is 7.90. The Bertz CT molecular complexity index is 1880. The Labute approximate surface area is 254 Å². The summed E-state index contributed by atoms with van der Waals surface area (Å²) in [6, 6.07) is 34.0. The predicted molar refractivity (Wildman–Crippen MR) is 163 cm³/mol. The summed E-state index contributed by atoms with van der Waals surface area (Å²) < 4.78 is 54.2. The van der Waals surface area contributed by atoms with Crippen LogP contribution in [0.2, 0.25) is 0 Å². The van der Waals surface area contributed by atoms with Crippen molar-refractivity contribution in [3.05, 3.63) is 155 Å². The molecule has 5 aromatic rings. The third-order valence-corrected chi connectivity index (χ3v) is 7.77. The minimum Gasteiger partial charge on any atom is -0.489 e. The quantitative estimate of drug-likeness (QED) is 0.180. The maximum atomic E-state index is 14.3. The summed E-state index contributed by atoms with van der Waals surface area (Å²) in [6.45, 7) is 0.428. The molecular formula is C34H27FN2O6S. The molecule has 0 aromatic heterocycles. The van der Waals surface area contributed by atoms with Gasteiger partial charge in [-0.05, 0) is 53.6 Å². The van der Waals surface area contributed by atoms with Gasteiger partial charge in [-0.2, -0.15) is 0 Å². The zero-order valence-corrected chi connectivity index (χ0v) is 24.1. The standard InChI is InChI=1S/C34H27FN2O6S/c35-28-18-27(20-30(21-28)43-23-25-12-5-2-6-13-25)34(39)37-44(40,41)32-17-8-7-16-31(32)36-33(38)26-14-9-15-29(19-26)42-22-24-10-3-1-4-11-24/h1-21H,22-23H2,(H,36,38)(H,37,39). The fraction of sp³-hybridized carbons (Fsp3) is 0.0588. The van der Waals surface area contributed by atoms with E-state index < -0.39 is 27.7 Å². The first-order valence-electron chi connectivity index (χ1n) is 13.5. The van der Waals surface area contributed by atoms with Crippen LogP contribution in [0.3, 0.4) is 0 Å². The third-order valence-electron chi connectivity index (χ3n) is 6.38. The Balaban J connectivity index is 1.28. The lowest BCUT2D eigenvalue weighted by molar-refractivity contribution is 0.0979. The molecule has 0 aliphatic rings. The van der Waals surface area contributed by atoms with Crippen molar-refractivity contribution in [1.82, 2.24) is 4.72 Å². The van der Waals surface area contributed by atoms with Gasteiger partial charge in [0.25, 0.3) is 21.8 Å². The van der Waals surface area contributed by atoms with E-state index in [1.54, 1.807) is 30.3 Å². The molecule has 8 nitrogen and oxygen atoms in total. The summed E-state index contributed by atoms with van der Waals surface area (Å²) >= 11 is 0. The number of nitrogens with one attached hydrogen (secondary N) is 2. The van der Waals surface area contributed by atoms with Gasteiger partial charge in [0.05, 0.1) is 5.69 Å². The average molecular weight is 611 g/mol. The highest BCUT2D eigenvalue weighted by Gasteiger charge is 2.24. The molecule has 0 spiro atoms. The van der Waals surface area contributed by atoms with Crippen LogP contribution in [0.25, 0.3) is 0 Å². The minimum atomic E-state index is -4.50. The van der Waals surface area contributed by atoms with Crippen molar-refractivity contribution < 1.29 is 31.9 Å². The van der Waals surface area contributed by atoms with Gasteiger partial charge in [0, 0.05) is 17.2 Å². The van der Waals surface area contributed by atoms with Gasteiger partial charge in [0.2, 0.25) is 0 Å². The second-order valence-corrected chi connectivity index (χ2v) is 11.3. The fourth-order valence-corrected chi connectivity index (χ4v) is 5.36. The first-order valence-corrected chi connectivity index (χ1v) is 15.0. The second-order valence-electron chi connectivity index (χ2n) is 9.64. The SMILES string of the molecule is O=C(Nc1ccccc1S(=O)(=O)NC(=O)c1cc(F)cc(OCc2ccccc2)c1)c1cccc(OCc2ccccc2)c1. The van der Waals surface area contributed by atoms with Gasteiger partial charge in [0.1, 0.15) is 35.4 Å². The maximum absolute atomic E-state index is 14.3. The Morgan fingerprint density at radius 1 is 0.614 bits per heavy atom. The van der Waals surface area contributed by atoms with E-state index in [1.807, 2.05) is 65.4 Å². The van der Waals surface area contributed by atoms with Crippen LogP contribution in [0.5, 0.6) is 11.5 Å². The Morgan fingerprint density at radius 3 is 1.89 bits per heavy atom. The van der Waals surface area contributed by atoms with Crippen LogP contribution in [-0.4, -0.2) is 20.2 Å². The molecule has 0 saturated heterocycles. The highest BCUT2D eigenvalue weighted by Crippen LogP contribution is 2.24. The number of sulfonamides is 1. The summed E-state index contributed by atoms with van der Waals surface area (Å²) in [5, 5.41) is 2.59. The maximum Gasteiger partial charge on any atom is 0.266 e. The smallest absolute Gasteiger partial charge is 0.266 e. The fourth-order valence-electron chi connectivity index (χ4n) is 4.22. The summed E-state index contributed by atoms with van der Waals surface area (Å²) in [7, 11) is -4.50. The zero-order valence-electron chi connectivity index (χ0n) is 23.3. The molecule has 0 aliphatic carbocycles. The van der Waals surface area contributed by atoms with Crippen molar-refractivity contribution in [3.63, 3.8) is 0 Å². The molecule has 5 rings (SSSR count). The summed E-state index contributed by atoms with van der Waals surface area (Å²) in [4.78, 5) is 25.7. The molecule has 0 atom stereocenters. The van der Waals surface area contributed by atoms with Crippen molar-refractivity contribution in [2.45, 2.75) is 18.1 Å². The number of hydrogen-bond donors (Lipinski definition) is 2. The molecule has 0 bridgehead atoms. The second kappa shape index (κ2) is 13.7. The van der Waals surface area contributed by atoms with Crippen LogP contribution in [0.15, 0.2) is 132 Å². The van der Waals surface area contributed by atoms with Crippen LogP contribution >= 0.6 is 0 Å². The van der Waals surface area contributed by atoms with Crippen molar-refractivity contribution >= 4 is 27.5 Å². The molecule has 44 heavy (non-hydrogen) atoms. The van der Waals surface area contributed by atoms with Gasteiger partial charge >= 0.3 is 0 Å². The number of ether oxygens (including phenoxy) is 2. The molecule has 2 amide bonds. The van der Waals surface area contributed by atoms with Crippen LogP contribution < -0.4 is 19.5 Å². The molecule has 0 saturated carbocycles. The summed E-state index contributed by atoms with van der Waals surface area (Å²) in [6.07, 6.45) is 0. The molecule has 0 aliphatic heterocycles. The van der Waals surface area contributed by atoms with E-state index in [4.69, 9.17) is 9.47 Å². The van der Waals surface area contributed by atoms with Crippen molar-refractivity contribution in [2.24, 2.45) is 0 Å². The monoisotopic (exact) mass is 610 g/mol. The molecular weight excluding hydrogens is 583 g/mol. The van der Waals surface area contributed by atoms with E-state index in [0.29, 0.717) is 12.4 Å². The Hall–Kier alpha value is -5.48. The third kappa shape index (κ3) is 7.87. The van der Waals surface area contributed by atoms with Gasteiger partial charge in [-0.25, -0.2) is 17.5 Å². The van der Waals surface area contributed by atoms with E-state index >= 15 is 0 Å². The molecule has 0 unspecified atom stereocenters. The number of carbonyl (C=O) groups is 2. The normalized spacial score (nSPS) is 10.9. The molecule has 0 heterocycles. The minimum absolute atomic E-state index is 0.0547. The number of hydrogen-bond acceptors (Lipinski definition) is 6. The Morgan fingerprint density at radius 2 is 1.20 bits per heavy atom. The van der Waals surface area contributed by atoms with Gasteiger partial charge in [-0.1, -0.05) is 78.9 Å². The summed E-state index contributed by atoms with van der Waals surface area (Å²) in [5.74, 6) is -1.93. The molecule has 5 aromatic carbocycles. The van der Waals surface area contributed by atoms with Crippen LogP contribution in [0.4, 0.5) is 10.1 Å². The zero-order chi connectivity index (χ0) is 30.9. The van der Waals surface area contributed by atoms with E-state index in [1.165, 1.54) is 24.3 Å². The van der Waals surface area contributed by atoms with Crippen molar-refractivity contribution in [1.29, 1.82) is 0 Å². The van der Waals surface area contributed by atoms with Crippen molar-refractivity contribution in [2.75, 3.05) is 5.32 Å². The number of para-hydroxylation sites is 1. The predicted octanol–water partition coefficient (Wildman–Crippen LogP) is 6.35. The lowest BCUT2D eigenvalue weighted by Gasteiger charge is -2.14.